The summed E-state index contributed by atoms with van der Waals surface area (Å²) in [6, 6.07) is 4.34. The molecule has 2 atom stereocenters. The number of nitrogens with two attached hydrogens (primary N) is 1. The summed E-state index contributed by atoms with van der Waals surface area (Å²) in [4.78, 5) is 0. The molecule has 4 N–H and O–H groups in total. The Kier molecular flexibility index (Phi) is 4.09. The van der Waals surface area contributed by atoms with Gasteiger partial charge in [-0.3, -0.25) is 0 Å². The van der Waals surface area contributed by atoms with Gasteiger partial charge in [-0.15, -0.1) is 0 Å². The van der Waals surface area contributed by atoms with Crippen molar-refractivity contribution in [2.45, 2.75) is 37.8 Å². The van der Waals surface area contributed by atoms with Crippen molar-refractivity contribution in [2.75, 3.05) is 7.11 Å². The number of methoxy groups -OCH3 is 1. The van der Waals surface area contributed by atoms with Gasteiger partial charge < -0.3 is 20.7 Å². The van der Waals surface area contributed by atoms with Crippen molar-refractivity contribution in [2.24, 2.45) is 11.7 Å². The lowest BCUT2D eigenvalue weighted by Gasteiger charge is -2.25. The van der Waals surface area contributed by atoms with Gasteiger partial charge in [-0.05, 0) is 30.9 Å². The van der Waals surface area contributed by atoms with Crippen molar-refractivity contribution in [1.29, 1.82) is 0 Å². The van der Waals surface area contributed by atoms with Gasteiger partial charge in [-0.25, -0.2) is 0 Å². The summed E-state index contributed by atoms with van der Waals surface area (Å²) >= 11 is 0. The topological polar surface area (TPSA) is 75.7 Å². The standard InChI is InChI=1S/C14H21NO3/c1-18-12-8-10(16)6-7-11(12)13(15)14(17)9-4-2-3-5-9/h6-9,13-14,16-17H,2-5,15H2,1H3/t13-,14+/m0/s1. The molecule has 0 heterocycles. The van der Waals surface area contributed by atoms with E-state index in [2.05, 4.69) is 0 Å². The van der Waals surface area contributed by atoms with Gasteiger partial charge in [0.2, 0.25) is 0 Å². The molecule has 0 amide bonds. The van der Waals surface area contributed by atoms with E-state index in [0.29, 0.717) is 5.75 Å². The molecule has 0 radical (unpaired) electrons. The van der Waals surface area contributed by atoms with E-state index in [1.54, 1.807) is 12.1 Å². The van der Waals surface area contributed by atoms with Gasteiger partial charge in [0.05, 0.1) is 19.3 Å². The lowest BCUT2D eigenvalue weighted by atomic mass is 9.90. The maximum atomic E-state index is 10.3. The fraction of sp³-hybridized carbons (Fsp3) is 0.571. The van der Waals surface area contributed by atoms with Crippen LogP contribution in [0.15, 0.2) is 18.2 Å². The molecule has 0 spiro atoms. The van der Waals surface area contributed by atoms with Crippen LogP contribution in [-0.4, -0.2) is 23.4 Å². The van der Waals surface area contributed by atoms with E-state index >= 15 is 0 Å². The normalized spacial score (nSPS) is 19.7. The van der Waals surface area contributed by atoms with Gasteiger partial charge in [0, 0.05) is 11.6 Å². The van der Waals surface area contributed by atoms with E-state index in [9.17, 15) is 10.2 Å². The zero-order valence-corrected chi connectivity index (χ0v) is 10.7. The Morgan fingerprint density at radius 2 is 2.00 bits per heavy atom. The average molecular weight is 251 g/mol. The fourth-order valence-corrected chi connectivity index (χ4v) is 2.75. The third kappa shape index (κ3) is 2.60. The van der Waals surface area contributed by atoms with E-state index in [1.165, 1.54) is 26.0 Å². The molecule has 1 aromatic rings. The number of ether oxygens (including phenoxy) is 1. The van der Waals surface area contributed by atoms with E-state index in [1.807, 2.05) is 0 Å². The number of benzene rings is 1. The van der Waals surface area contributed by atoms with Gasteiger partial charge in [0.15, 0.2) is 0 Å². The molecular weight excluding hydrogens is 230 g/mol. The summed E-state index contributed by atoms with van der Waals surface area (Å²) < 4.78 is 5.21. The second kappa shape index (κ2) is 5.59. The van der Waals surface area contributed by atoms with Gasteiger partial charge in [0.1, 0.15) is 11.5 Å². The molecule has 1 aromatic carbocycles. The molecule has 4 heteroatoms. The third-order valence-electron chi connectivity index (χ3n) is 3.83. The first-order valence-electron chi connectivity index (χ1n) is 6.44. The van der Waals surface area contributed by atoms with Crippen molar-refractivity contribution < 1.29 is 14.9 Å². The highest BCUT2D eigenvalue weighted by molar-refractivity contribution is 5.42. The van der Waals surface area contributed by atoms with Crippen molar-refractivity contribution in [1.82, 2.24) is 0 Å². The molecule has 0 unspecified atom stereocenters. The number of hydrogen-bond acceptors (Lipinski definition) is 4. The maximum absolute atomic E-state index is 10.3. The van der Waals surface area contributed by atoms with Crippen LogP contribution < -0.4 is 10.5 Å². The summed E-state index contributed by atoms with van der Waals surface area (Å²) in [5.74, 6) is 0.941. The fourth-order valence-electron chi connectivity index (χ4n) is 2.75. The Bertz CT molecular complexity index is 402. The summed E-state index contributed by atoms with van der Waals surface area (Å²) in [5.41, 5.74) is 6.88. The van der Waals surface area contributed by atoms with Crippen LogP contribution >= 0.6 is 0 Å². The first-order valence-corrected chi connectivity index (χ1v) is 6.44. The van der Waals surface area contributed by atoms with Gasteiger partial charge >= 0.3 is 0 Å². The third-order valence-corrected chi connectivity index (χ3v) is 3.83. The number of phenolic OH excluding ortho intramolecular Hbond substituents is 1. The summed E-state index contributed by atoms with van der Waals surface area (Å²) in [5, 5.41) is 19.7. The molecule has 100 valence electrons. The van der Waals surface area contributed by atoms with Crippen LogP contribution in [0.2, 0.25) is 0 Å². The Hall–Kier alpha value is -1.26. The van der Waals surface area contributed by atoms with Gasteiger partial charge in [0.25, 0.3) is 0 Å². The Labute approximate surface area is 107 Å². The van der Waals surface area contributed by atoms with Crippen molar-refractivity contribution in [3.05, 3.63) is 23.8 Å². The number of hydrogen-bond donors (Lipinski definition) is 3. The zero-order chi connectivity index (χ0) is 13.1. The molecule has 0 saturated heterocycles. The number of phenols is 1. The molecular formula is C14H21NO3. The summed E-state index contributed by atoms with van der Waals surface area (Å²) in [6.45, 7) is 0. The SMILES string of the molecule is COc1cc(O)ccc1[C@H](N)[C@H](O)C1CCCC1. The number of aliphatic hydroxyl groups is 1. The number of aromatic hydroxyl groups is 1. The highest BCUT2D eigenvalue weighted by Gasteiger charge is 2.30. The molecule has 1 aliphatic rings. The number of aliphatic hydroxyl groups excluding tert-OH is 1. The molecule has 1 aliphatic carbocycles. The Morgan fingerprint density at radius 1 is 1.33 bits per heavy atom. The van der Waals surface area contributed by atoms with Crippen molar-refractivity contribution in [3.8, 4) is 11.5 Å². The van der Waals surface area contributed by atoms with Crippen molar-refractivity contribution >= 4 is 0 Å². The van der Waals surface area contributed by atoms with E-state index in [4.69, 9.17) is 10.5 Å². The second-order valence-electron chi connectivity index (χ2n) is 4.99. The minimum Gasteiger partial charge on any atom is -0.508 e. The average Bonchev–Trinajstić information content (AvgIpc) is 2.90. The molecule has 4 nitrogen and oxygen atoms in total. The highest BCUT2D eigenvalue weighted by atomic mass is 16.5. The summed E-state index contributed by atoms with van der Waals surface area (Å²) in [7, 11) is 1.53. The predicted octanol–water partition coefficient (Wildman–Crippen LogP) is 1.95. The van der Waals surface area contributed by atoms with Crippen LogP contribution in [0.4, 0.5) is 0 Å². The minimum absolute atomic E-state index is 0.137. The van der Waals surface area contributed by atoms with Crippen LogP contribution in [0.3, 0.4) is 0 Å². The van der Waals surface area contributed by atoms with E-state index in [-0.39, 0.29) is 11.7 Å². The quantitative estimate of drug-likeness (QED) is 0.764. The van der Waals surface area contributed by atoms with E-state index in [0.717, 1.165) is 18.4 Å². The van der Waals surface area contributed by atoms with Gasteiger partial charge in [-0.1, -0.05) is 12.8 Å². The molecule has 2 rings (SSSR count). The highest BCUT2D eigenvalue weighted by Crippen LogP contribution is 2.36. The van der Waals surface area contributed by atoms with Crippen molar-refractivity contribution in [3.63, 3.8) is 0 Å². The first-order chi connectivity index (χ1) is 8.63. The lowest BCUT2D eigenvalue weighted by Crippen LogP contribution is -2.32. The molecule has 0 bridgehead atoms. The van der Waals surface area contributed by atoms with Crippen LogP contribution in [-0.2, 0) is 0 Å². The monoisotopic (exact) mass is 251 g/mol. The largest absolute Gasteiger partial charge is 0.508 e. The molecule has 0 aromatic heterocycles. The number of rotatable bonds is 4. The molecule has 1 fully saturated rings. The van der Waals surface area contributed by atoms with Gasteiger partial charge in [-0.2, -0.15) is 0 Å². The summed E-state index contributed by atoms with van der Waals surface area (Å²) in [6.07, 6.45) is 3.86. The maximum Gasteiger partial charge on any atom is 0.127 e. The minimum atomic E-state index is -0.550. The molecule has 0 aliphatic heterocycles. The van der Waals surface area contributed by atoms with Crippen LogP contribution in [0.5, 0.6) is 11.5 Å². The van der Waals surface area contributed by atoms with E-state index < -0.39 is 12.1 Å². The molecule has 1 saturated carbocycles. The lowest BCUT2D eigenvalue weighted by molar-refractivity contribution is 0.0836. The first kappa shape index (κ1) is 13.2. The van der Waals surface area contributed by atoms with Crippen LogP contribution in [0.25, 0.3) is 0 Å². The van der Waals surface area contributed by atoms with Crippen LogP contribution in [0.1, 0.15) is 37.3 Å². The zero-order valence-electron chi connectivity index (χ0n) is 10.7. The second-order valence-corrected chi connectivity index (χ2v) is 4.99. The van der Waals surface area contributed by atoms with Crippen LogP contribution in [0, 0.1) is 5.92 Å². The Balaban J connectivity index is 2.19. The Morgan fingerprint density at radius 3 is 2.61 bits per heavy atom. The smallest absolute Gasteiger partial charge is 0.127 e. The molecule has 18 heavy (non-hydrogen) atoms. The predicted molar refractivity (Wildman–Crippen MR) is 69.6 cm³/mol.